The summed E-state index contributed by atoms with van der Waals surface area (Å²) in [6.45, 7) is -0.232. The highest BCUT2D eigenvalue weighted by Gasteiger charge is 2.34. The third-order valence-electron chi connectivity index (χ3n) is 3.99. The maximum Gasteiger partial charge on any atom is 0.203 e. The third-order valence-corrected chi connectivity index (χ3v) is 4.29. The minimum Gasteiger partial charge on any atom is -0.394 e. The summed E-state index contributed by atoms with van der Waals surface area (Å²) in [6, 6.07) is 9.93. The van der Waals surface area contributed by atoms with Crippen molar-refractivity contribution in [1.82, 2.24) is 9.55 Å². The van der Waals surface area contributed by atoms with Crippen LogP contribution in [-0.4, -0.2) is 38.6 Å². The van der Waals surface area contributed by atoms with E-state index in [4.69, 9.17) is 22.7 Å². The van der Waals surface area contributed by atoms with E-state index in [1.54, 1.807) is 4.57 Å². The summed E-state index contributed by atoms with van der Waals surface area (Å²) in [5, 5.41) is 19.1. The monoisotopic (exact) mass is 333 g/mol. The molecule has 4 N–H and O–H groups in total. The van der Waals surface area contributed by atoms with E-state index in [0.29, 0.717) is 23.4 Å². The van der Waals surface area contributed by atoms with Crippen LogP contribution in [0.3, 0.4) is 0 Å². The lowest BCUT2D eigenvalue weighted by Gasteiger charge is -2.17. The summed E-state index contributed by atoms with van der Waals surface area (Å²) in [7, 11) is 0. The first kappa shape index (κ1) is 16.1. The molecule has 0 bridgehead atoms. The van der Waals surface area contributed by atoms with E-state index in [-0.39, 0.29) is 6.61 Å². The van der Waals surface area contributed by atoms with Gasteiger partial charge >= 0.3 is 0 Å². The zero-order valence-electron chi connectivity index (χ0n) is 12.5. The molecule has 0 spiro atoms. The quantitative estimate of drug-likeness (QED) is 0.733. The first-order valence-corrected chi connectivity index (χ1v) is 7.85. The second-order valence-corrected chi connectivity index (χ2v) is 5.98. The Kier molecular flexibility index (Phi) is 4.72. The summed E-state index contributed by atoms with van der Waals surface area (Å²) in [4.78, 5) is 4.22. The molecule has 3 rings (SSSR count). The van der Waals surface area contributed by atoms with Gasteiger partial charge in [0, 0.05) is 24.6 Å². The SMILES string of the molecule is Nc1nc(=S)n([C@H]2C[C@H](O)[C@@H](CO)O2)cc1Cc1ccccc1. The molecule has 6 nitrogen and oxygen atoms in total. The Bertz CT molecular complexity index is 735. The van der Waals surface area contributed by atoms with Crippen molar-refractivity contribution in [1.29, 1.82) is 0 Å². The van der Waals surface area contributed by atoms with Crippen LogP contribution in [0.2, 0.25) is 0 Å². The van der Waals surface area contributed by atoms with Crippen LogP contribution < -0.4 is 5.73 Å². The molecule has 1 aliphatic heterocycles. The Morgan fingerprint density at radius 3 is 2.74 bits per heavy atom. The van der Waals surface area contributed by atoms with Crippen LogP contribution in [0.1, 0.15) is 23.8 Å². The van der Waals surface area contributed by atoms with E-state index in [0.717, 1.165) is 11.1 Å². The van der Waals surface area contributed by atoms with Gasteiger partial charge in [-0.05, 0) is 17.8 Å². The number of aliphatic hydroxyl groups excluding tert-OH is 2. The molecular weight excluding hydrogens is 314 g/mol. The first-order chi connectivity index (χ1) is 11.1. The predicted octanol–water partition coefficient (Wildman–Crippen LogP) is 1.43. The Morgan fingerprint density at radius 2 is 2.09 bits per heavy atom. The van der Waals surface area contributed by atoms with Gasteiger partial charge in [0.1, 0.15) is 18.1 Å². The minimum absolute atomic E-state index is 0.232. The van der Waals surface area contributed by atoms with Crippen molar-refractivity contribution < 1.29 is 14.9 Å². The van der Waals surface area contributed by atoms with E-state index >= 15 is 0 Å². The zero-order chi connectivity index (χ0) is 16.4. The van der Waals surface area contributed by atoms with Crippen molar-refractivity contribution in [2.24, 2.45) is 0 Å². The fourth-order valence-electron chi connectivity index (χ4n) is 2.73. The van der Waals surface area contributed by atoms with Crippen LogP contribution in [-0.2, 0) is 11.2 Å². The second kappa shape index (κ2) is 6.76. The topological polar surface area (TPSA) is 93.5 Å². The molecule has 7 heteroatoms. The Morgan fingerprint density at radius 1 is 1.35 bits per heavy atom. The highest BCUT2D eigenvalue weighted by atomic mass is 32.1. The van der Waals surface area contributed by atoms with Gasteiger partial charge in [0.05, 0.1) is 12.7 Å². The number of aliphatic hydroxyl groups is 2. The molecule has 0 aliphatic carbocycles. The number of benzene rings is 1. The second-order valence-electron chi connectivity index (χ2n) is 5.62. The molecular formula is C16H19N3O3S. The first-order valence-electron chi connectivity index (χ1n) is 7.44. The number of nitrogens with two attached hydrogens (primary N) is 1. The van der Waals surface area contributed by atoms with Crippen molar-refractivity contribution in [3.8, 4) is 0 Å². The lowest BCUT2D eigenvalue weighted by molar-refractivity contribution is -0.0453. The van der Waals surface area contributed by atoms with Gasteiger partial charge in [0.25, 0.3) is 0 Å². The fourth-order valence-corrected chi connectivity index (χ4v) is 3.00. The number of rotatable bonds is 4. The van der Waals surface area contributed by atoms with E-state index in [1.165, 1.54) is 0 Å². The molecule has 1 saturated heterocycles. The third kappa shape index (κ3) is 3.42. The number of hydrogen-bond donors (Lipinski definition) is 3. The van der Waals surface area contributed by atoms with E-state index in [9.17, 15) is 10.2 Å². The summed E-state index contributed by atoms with van der Waals surface area (Å²) < 4.78 is 7.65. The molecule has 1 aliphatic rings. The normalized spacial score (nSPS) is 24.0. The van der Waals surface area contributed by atoms with Gasteiger partial charge in [-0.15, -0.1) is 0 Å². The number of anilines is 1. The van der Waals surface area contributed by atoms with Crippen molar-refractivity contribution in [2.75, 3.05) is 12.3 Å². The van der Waals surface area contributed by atoms with Crippen LogP contribution in [0.15, 0.2) is 36.5 Å². The number of aromatic nitrogens is 2. The van der Waals surface area contributed by atoms with Crippen molar-refractivity contribution >= 4 is 18.0 Å². The van der Waals surface area contributed by atoms with Gasteiger partial charge in [-0.1, -0.05) is 30.3 Å². The fraction of sp³-hybridized carbons (Fsp3) is 0.375. The molecule has 0 saturated carbocycles. The molecule has 3 atom stereocenters. The van der Waals surface area contributed by atoms with E-state index in [1.807, 2.05) is 36.5 Å². The maximum absolute atomic E-state index is 9.89. The van der Waals surface area contributed by atoms with Crippen molar-refractivity contribution in [3.63, 3.8) is 0 Å². The molecule has 0 unspecified atom stereocenters. The Hall–Kier alpha value is -1.80. The van der Waals surface area contributed by atoms with Gasteiger partial charge in [0.15, 0.2) is 0 Å². The van der Waals surface area contributed by atoms with Crippen LogP contribution >= 0.6 is 12.2 Å². The lowest BCUT2D eigenvalue weighted by atomic mass is 10.1. The van der Waals surface area contributed by atoms with E-state index in [2.05, 4.69) is 4.98 Å². The summed E-state index contributed by atoms with van der Waals surface area (Å²) in [5.74, 6) is 0.396. The maximum atomic E-state index is 9.89. The van der Waals surface area contributed by atoms with Gasteiger partial charge < -0.3 is 20.7 Å². The highest BCUT2D eigenvalue weighted by Crippen LogP contribution is 2.29. The van der Waals surface area contributed by atoms with Gasteiger partial charge in [0.2, 0.25) is 4.77 Å². The molecule has 1 aromatic heterocycles. The smallest absolute Gasteiger partial charge is 0.203 e. The lowest BCUT2D eigenvalue weighted by Crippen LogP contribution is -2.24. The zero-order valence-corrected chi connectivity index (χ0v) is 13.3. The average Bonchev–Trinajstić information content (AvgIpc) is 2.91. The molecule has 2 aromatic rings. The van der Waals surface area contributed by atoms with E-state index < -0.39 is 18.4 Å². The number of nitrogen functional groups attached to an aromatic ring is 1. The minimum atomic E-state index is -0.720. The average molecular weight is 333 g/mol. The Labute approximate surface area is 139 Å². The summed E-state index contributed by atoms with van der Waals surface area (Å²) >= 11 is 5.26. The number of hydrogen-bond acceptors (Lipinski definition) is 6. The van der Waals surface area contributed by atoms with Crippen molar-refractivity contribution in [3.05, 3.63) is 52.4 Å². The van der Waals surface area contributed by atoms with Crippen LogP contribution in [0, 0.1) is 4.77 Å². The summed E-state index contributed by atoms with van der Waals surface area (Å²) in [5.41, 5.74) is 7.96. The Balaban J connectivity index is 1.90. The highest BCUT2D eigenvalue weighted by molar-refractivity contribution is 7.71. The molecule has 0 radical (unpaired) electrons. The molecule has 0 amide bonds. The molecule has 1 fully saturated rings. The number of nitrogens with zero attached hydrogens (tertiary/aromatic N) is 2. The van der Waals surface area contributed by atoms with Gasteiger partial charge in [-0.25, -0.2) is 4.98 Å². The molecule has 1 aromatic carbocycles. The van der Waals surface area contributed by atoms with Gasteiger partial charge in [-0.3, -0.25) is 4.57 Å². The van der Waals surface area contributed by atoms with Crippen LogP contribution in [0.4, 0.5) is 5.82 Å². The van der Waals surface area contributed by atoms with Gasteiger partial charge in [-0.2, -0.15) is 0 Å². The summed E-state index contributed by atoms with van der Waals surface area (Å²) in [6.07, 6.45) is 1.05. The number of ether oxygens (including phenoxy) is 1. The van der Waals surface area contributed by atoms with Crippen LogP contribution in [0.25, 0.3) is 0 Å². The molecule has 2 heterocycles. The molecule has 23 heavy (non-hydrogen) atoms. The largest absolute Gasteiger partial charge is 0.394 e. The van der Waals surface area contributed by atoms with Crippen molar-refractivity contribution in [2.45, 2.75) is 31.3 Å². The van der Waals surface area contributed by atoms with Crippen LogP contribution in [0.5, 0.6) is 0 Å². The standard InChI is InChI=1S/C16H19N3O3S/c17-15-11(6-10-4-2-1-3-5-10)8-19(16(23)18-15)14-7-12(21)13(9-20)22-14/h1-5,8,12-14,20-21H,6-7,9H2,(H2,17,18,23)/t12-,13+,14+/m0/s1. The molecule has 122 valence electrons. The predicted molar refractivity (Wildman–Crippen MR) is 88.3 cm³/mol.